The second-order valence-corrected chi connectivity index (χ2v) is 6.47. The van der Waals surface area contributed by atoms with Crippen molar-refractivity contribution in [3.05, 3.63) is 77.9 Å². The third kappa shape index (κ3) is 4.25. The number of benzene rings is 2. The molecule has 2 heterocycles. The van der Waals surface area contributed by atoms with Crippen LogP contribution < -0.4 is 10.6 Å². The molecule has 0 aliphatic carbocycles. The maximum atomic E-state index is 13.7. The first kappa shape index (κ1) is 17.9. The summed E-state index contributed by atoms with van der Waals surface area (Å²) in [5.74, 6) is 0.890. The van der Waals surface area contributed by atoms with Crippen molar-refractivity contribution in [1.29, 1.82) is 0 Å². The molecule has 0 spiro atoms. The van der Waals surface area contributed by atoms with Gasteiger partial charge in [-0.25, -0.2) is 4.39 Å². The van der Waals surface area contributed by atoms with Crippen molar-refractivity contribution >= 4 is 22.7 Å². The first-order valence-electron chi connectivity index (χ1n) is 9.25. The third-order valence-corrected chi connectivity index (χ3v) is 4.57. The normalized spacial score (nSPS) is 10.9. The van der Waals surface area contributed by atoms with E-state index in [9.17, 15) is 4.39 Å². The maximum Gasteiger partial charge on any atom is 0.244 e. The number of nitrogens with zero attached hydrogens (tertiary/aromatic N) is 3. The minimum Gasteiger partial charge on any atom is -0.368 e. The molecule has 0 aliphatic heterocycles. The molecule has 28 heavy (non-hydrogen) atoms. The van der Waals surface area contributed by atoms with Crippen molar-refractivity contribution in [2.45, 2.75) is 12.8 Å². The van der Waals surface area contributed by atoms with Crippen molar-refractivity contribution in [2.75, 3.05) is 23.7 Å². The van der Waals surface area contributed by atoms with Gasteiger partial charge >= 0.3 is 0 Å². The fourth-order valence-corrected chi connectivity index (χ4v) is 3.14. The van der Waals surface area contributed by atoms with E-state index in [1.165, 1.54) is 17.0 Å². The van der Waals surface area contributed by atoms with Gasteiger partial charge in [0.15, 0.2) is 5.82 Å². The lowest BCUT2D eigenvalue weighted by molar-refractivity contribution is 0.610. The average molecular weight is 376 g/mol. The van der Waals surface area contributed by atoms with Crippen LogP contribution in [0.5, 0.6) is 0 Å². The predicted molar refractivity (Wildman–Crippen MR) is 109 cm³/mol. The van der Waals surface area contributed by atoms with Crippen molar-refractivity contribution in [2.24, 2.45) is 0 Å². The number of hydrogen-bond acceptors (Lipinski definition) is 5. The number of H-pyrrole nitrogens is 1. The Labute approximate surface area is 162 Å². The minimum atomic E-state index is -0.190. The second kappa shape index (κ2) is 8.47. The first-order chi connectivity index (χ1) is 13.8. The lowest BCUT2D eigenvalue weighted by Crippen LogP contribution is -2.12. The Morgan fingerprint density at radius 1 is 0.893 bits per heavy atom. The Hall–Kier alpha value is -3.48. The maximum absolute atomic E-state index is 13.7. The summed E-state index contributed by atoms with van der Waals surface area (Å²) in [6, 6.07) is 15.0. The monoisotopic (exact) mass is 376 g/mol. The fourth-order valence-electron chi connectivity index (χ4n) is 3.14. The zero-order valence-electron chi connectivity index (χ0n) is 15.3. The molecule has 0 atom stereocenters. The van der Waals surface area contributed by atoms with Gasteiger partial charge in [-0.05, 0) is 36.1 Å². The molecule has 6 nitrogen and oxygen atoms in total. The molecule has 0 amide bonds. The molecule has 2 aromatic heterocycles. The summed E-state index contributed by atoms with van der Waals surface area (Å²) in [7, 11) is 0. The van der Waals surface area contributed by atoms with Crippen molar-refractivity contribution in [3.63, 3.8) is 0 Å². The zero-order valence-corrected chi connectivity index (χ0v) is 15.3. The number of halogens is 1. The topological polar surface area (TPSA) is 78.5 Å². The lowest BCUT2D eigenvalue weighted by atomic mass is 10.1. The molecule has 2 aromatic carbocycles. The van der Waals surface area contributed by atoms with Crippen LogP contribution in [0.15, 0.2) is 60.9 Å². The number of aromatic amines is 1. The van der Waals surface area contributed by atoms with Gasteiger partial charge in [-0.15, -0.1) is 5.10 Å². The standard InChI is InChI=1S/C21H21FN6/c22-18-7-3-1-5-15(18)9-11-23-20-14-26-28-21(27-20)24-12-10-16-13-25-19-8-4-2-6-17(16)19/h1-8,13-14,25H,9-12H2,(H2,23,24,27,28). The van der Waals surface area contributed by atoms with Crippen LogP contribution in [-0.2, 0) is 12.8 Å². The van der Waals surface area contributed by atoms with Gasteiger partial charge in [0, 0.05) is 30.2 Å². The number of fused-ring (bicyclic) bond motifs is 1. The van der Waals surface area contributed by atoms with Crippen LogP contribution in [0, 0.1) is 5.82 Å². The summed E-state index contributed by atoms with van der Waals surface area (Å²) >= 11 is 0. The number of rotatable bonds is 8. The van der Waals surface area contributed by atoms with Crippen LogP contribution in [0.2, 0.25) is 0 Å². The van der Waals surface area contributed by atoms with Crippen LogP contribution >= 0.6 is 0 Å². The molecule has 142 valence electrons. The SMILES string of the molecule is Fc1ccccc1CCNc1cnnc(NCCc2c[nH]c3ccccc23)n1. The Balaban J connectivity index is 1.29. The summed E-state index contributed by atoms with van der Waals surface area (Å²) < 4.78 is 13.7. The van der Waals surface area contributed by atoms with Crippen LogP contribution in [0.4, 0.5) is 16.2 Å². The Morgan fingerprint density at radius 3 is 2.61 bits per heavy atom. The minimum absolute atomic E-state index is 0.190. The largest absolute Gasteiger partial charge is 0.368 e. The Kier molecular flexibility index (Phi) is 5.42. The quantitative estimate of drug-likeness (QED) is 0.436. The van der Waals surface area contributed by atoms with E-state index in [2.05, 4.69) is 42.9 Å². The van der Waals surface area contributed by atoms with Crippen LogP contribution in [0.3, 0.4) is 0 Å². The van der Waals surface area contributed by atoms with E-state index in [-0.39, 0.29) is 5.82 Å². The van der Waals surface area contributed by atoms with Crippen LogP contribution in [-0.4, -0.2) is 33.3 Å². The van der Waals surface area contributed by atoms with Crippen molar-refractivity contribution in [3.8, 4) is 0 Å². The van der Waals surface area contributed by atoms with Crippen LogP contribution in [0.25, 0.3) is 10.9 Å². The van der Waals surface area contributed by atoms with E-state index in [0.717, 1.165) is 11.9 Å². The molecular formula is C21H21FN6. The highest BCUT2D eigenvalue weighted by molar-refractivity contribution is 5.83. The summed E-state index contributed by atoms with van der Waals surface area (Å²) in [6.07, 6.45) is 5.01. The summed E-state index contributed by atoms with van der Waals surface area (Å²) in [5, 5.41) is 15.6. The molecule has 0 saturated carbocycles. The van der Waals surface area contributed by atoms with E-state index in [0.29, 0.717) is 36.8 Å². The molecule has 0 saturated heterocycles. The van der Waals surface area contributed by atoms with Gasteiger partial charge < -0.3 is 15.6 Å². The van der Waals surface area contributed by atoms with E-state index < -0.39 is 0 Å². The molecule has 0 bridgehead atoms. The Morgan fingerprint density at radius 2 is 1.68 bits per heavy atom. The third-order valence-electron chi connectivity index (χ3n) is 4.57. The molecule has 4 rings (SSSR count). The van der Waals surface area contributed by atoms with E-state index in [1.807, 2.05) is 24.4 Å². The van der Waals surface area contributed by atoms with Crippen molar-refractivity contribution < 1.29 is 4.39 Å². The molecule has 0 fully saturated rings. The number of hydrogen-bond donors (Lipinski definition) is 3. The molecule has 0 unspecified atom stereocenters. The van der Waals surface area contributed by atoms with Gasteiger partial charge in [-0.1, -0.05) is 36.4 Å². The summed E-state index contributed by atoms with van der Waals surface area (Å²) in [5.41, 5.74) is 3.06. The second-order valence-electron chi connectivity index (χ2n) is 6.47. The number of anilines is 2. The molecule has 0 aliphatic rings. The fraction of sp³-hybridized carbons (Fsp3) is 0.190. The molecule has 0 radical (unpaired) electrons. The molecule has 4 aromatic rings. The highest BCUT2D eigenvalue weighted by Crippen LogP contribution is 2.18. The number of nitrogens with one attached hydrogen (secondary N) is 3. The number of aromatic nitrogens is 4. The van der Waals surface area contributed by atoms with Gasteiger partial charge in [0.1, 0.15) is 5.82 Å². The highest BCUT2D eigenvalue weighted by Gasteiger charge is 2.05. The highest BCUT2D eigenvalue weighted by atomic mass is 19.1. The van der Waals surface area contributed by atoms with Crippen LogP contribution in [0.1, 0.15) is 11.1 Å². The van der Waals surface area contributed by atoms with E-state index in [4.69, 9.17) is 0 Å². The smallest absolute Gasteiger partial charge is 0.244 e. The average Bonchev–Trinajstić information content (AvgIpc) is 3.13. The number of para-hydroxylation sites is 1. The van der Waals surface area contributed by atoms with Gasteiger partial charge in [0.05, 0.1) is 6.20 Å². The predicted octanol–water partition coefficient (Wildman–Crippen LogP) is 3.80. The zero-order chi connectivity index (χ0) is 19.2. The molecule has 3 N–H and O–H groups in total. The van der Waals surface area contributed by atoms with Gasteiger partial charge in [0.2, 0.25) is 5.95 Å². The summed E-state index contributed by atoms with van der Waals surface area (Å²) in [6.45, 7) is 1.26. The summed E-state index contributed by atoms with van der Waals surface area (Å²) in [4.78, 5) is 7.69. The van der Waals surface area contributed by atoms with Gasteiger partial charge in [-0.3, -0.25) is 0 Å². The van der Waals surface area contributed by atoms with E-state index in [1.54, 1.807) is 18.3 Å². The lowest BCUT2D eigenvalue weighted by Gasteiger charge is -2.08. The van der Waals surface area contributed by atoms with E-state index >= 15 is 0 Å². The first-order valence-corrected chi connectivity index (χ1v) is 9.25. The Bertz CT molecular complexity index is 1060. The molecule has 7 heteroatoms. The van der Waals surface area contributed by atoms with Crippen molar-refractivity contribution in [1.82, 2.24) is 20.2 Å². The van der Waals surface area contributed by atoms with Gasteiger partial charge in [-0.2, -0.15) is 10.1 Å². The molecular weight excluding hydrogens is 355 g/mol. The van der Waals surface area contributed by atoms with Gasteiger partial charge in [0.25, 0.3) is 0 Å².